The minimum absolute atomic E-state index is 0. The molecule has 2 heterocycles. The molecular weight excluding hydrogens is 404 g/mol. The second-order valence-corrected chi connectivity index (χ2v) is 6.69. The Labute approximate surface area is 165 Å². The fourth-order valence-corrected chi connectivity index (χ4v) is 3.32. The van der Waals surface area contributed by atoms with Gasteiger partial charge in [-0.25, -0.2) is 4.68 Å². The quantitative estimate of drug-likeness (QED) is 0.817. The van der Waals surface area contributed by atoms with Gasteiger partial charge in [0.1, 0.15) is 0 Å². The Morgan fingerprint density at radius 1 is 1.33 bits per heavy atom. The van der Waals surface area contributed by atoms with Crippen LogP contribution in [0.25, 0.3) is 5.69 Å². The molecule has 5 nitrogen and oxygen atoms in total. The Hall–Kier alpha value is -1.77. The largest absolute Gasteiger partial charge is 0.434 e. The summed E-state index contributed by atoms with van der Waals surface area (Å²) in [4.78, 5) is 14.2. The summed E-state index contributed by atoms with van der Waals surface area (Å²) in [6.07, 6.45) is -2.96. The number of nitrogens with zero attached hydrogens (tertiary/aromatic N) is 3. The van der Waals surface area contributed by atoms with Gasteiger partial charge in [-0.2, -0.15) is 18.3 Å². The first-order chi connectivity index (χ1) is 12.3. The van der Waals surface area contributed by atoms with Crippen molar-refractivity contribution in [2.24, 2.45) is 5.92 Å². The van der Waals surface area contributed by atoms with Crippen LogP contribution in [0.15, 0.2) is 30.5 Å². The topological polar surface area (TPSA) is 50.2 Å². The number of carbonyl (C=O) groups is 1. The van der Waals surface area contributed by atoms with Gasteiger partial charge in [-0.1, -0.05) is 11.6 Å². The number of amides is 1. The van der Waals surface area contributed by atoms with E-state index in [0.717, 1.165) is 23.8 Å². The lowest BCUT2D eigenvalue weighted by atomic mass is 10.1. The lowest BCUT2D eigenvalue weighted by Gasteiger charge is -2.18. The highest BCUT2D eigenvalue weighted by Gasteiger charge is 2.42. The van der Waals surface area contributed by atoms with Crippen LogP contribution in [0.3, 0.4) is 0 Å². The molecule has 0 bridgehead atoms. The summed E-state index contributed by atoms with van der Waals surface area (Å²) in [6, 6.07) is 5.81. The Morgan fingerprint density at radius 2 is 2.00 bits per heavy atom. The molecule has 0 radical (unpaired) electrons. The zero-order valence-electron chi connectivity index (χ0n) is 14.5. The van der Waals surface area contributed by atoms with E-state index in [2.05, 4.69) is 10.4 Å². The first-order valence-electron chi connectivity index (χ1n) is 8.16. The molecule has 1 atom stereocenters. The number of halogens is 5. The highest BCUT2D eigenvalue weighted by molar-refractivity contribution is 6.30. The Morgan fingerprint density at radius 3 is 2.59 bits per heavy atom. The van der Waals surface area contributed by atoms with Crippen molar-refractivity contribution in [1.82, 2.24) is 20.0 Å². The summed E-state index contributed by atoms with van der Waals surface area (Å²) in [5.74, 6) is -0.402. The molecule has 0 saturated carbocycles. The maximum absolute atomic E-state index is 13.7. The summed E-state index contributed by atoms with van der Waals surface area (Å²) < 4.78 is 41.8. The Kier molecular flexibility index (Phi) is 6.77. The number of carbonyl (C=O) groups excluding carboxylic acids is 1. The first-order valence-corrected chi connectivity index (χ1v) is 8.54. The van der Waals surface area contributed by atoms with E-state index in [0.29, 0.717) is 18.1 Å². The third-order valence-electron chi connectivity index (χ3n) is 4.41. The summed E-state index contributed by atoms with van der Waals surface area (Å²) in [5.41, 5.74) is -1.31. The minimum Gasteiger partial charge on any atom is -0.338 e. The number of aromatic nitrogens is 2. The van der Waals surface area contributed by atoms with Gasteiger partial charge < -0.3 is 10.2 Å². The van der Waals surface area contributed by atoms with Crippen molar-refractivity contribution in [3.05, 3.63) is 46.7 Å². The number of hydrogen-bond acceptors (Lipinski definition) is 3. The average molecular weight is 423 g/mol. The van der Waals surface area contributed by atoms with Crippen LogP contribution < -0.4 is 5.32 Å². The number of alkyl halides is 3. The fraction of sp³-hybridized carbons (Fsp3) is 0.412. The number of benzene rings is 1. The predicted molar refractivity (Wildman–Crippen MR) is 98.8 cm³/mol. The second kappa shape index (κ2) is 8.50. The lowest BCUT2D eigenvalue weighted by Crippen LogP contribution is -2.32. The Bertz CT molecular complexity index is 792. The minimum atomic E-state index is -4.72. The van der Waals surface area contributed by atoms with E-state index in [1.807, 2.05) is 7.05 Å². The van der Waals surface area contributed by atoms with E-state index in [-0.39, 0.29) is 24.0 Å². The molecule has 1 aliphatic rings. The fourth-order valence-electron chi connectivity index (χ4n) is 3.20. The van der Waals surface area contributed by atoms with Gasteiger partial charge in [0.05, 0.1) is 17.4 Å². The number of likely N-dealkylation sites (tertiary alicyclic amines) is 1. The smallest absolute Gasteiger partial charge is 0.338 e. The van der Waals surface area contributed by atoms with Crippen molar-refractivity contribution < 1.29 is 18.0 Å². The highest BCUT2D eigenvalue weighted by atomic mass is 35.5. The molecule has 1 unspecified atom stereocenters. The molecule has 1 aromatic heterocycles. The molecule has 1 amide bonds. The maximum atomic E-state index is 13.7. The molecule has 1 aliphatic heterocycles. The molecule has 0 spiro atoms. The third kappa shape index (κ3) is 4.56. The van der Waals surface area contributed by atoms with E-state index in [4.69, 9.17) is 11.6 Å². The standard InChI is InChI=1S/C17H18ClF3N4O.ClH/c1-22-8-11-6-7-24(10-11)16(26)14-9-23-25(15(14)17(19,20)21)13-4-2-12(18)3-5-13;/h2-5,9,11,22H,6-8,10H2,1H3;1H. The van der Waals surface area contributed by atoms with Gasteiger partial charge in [-0.15, -0.1) is 12.4 Å². The van der Waals surface area contributed by atoms with E-state index >= 15 is 0 Å². The van der Waals surface area contributed by atoms with Gasteiger partial charge in [0.2, 0.25) is 0 Å². The highest BCUT2D eigenvalue weighted by Crippen LogP contribution is 2.35. The zero-order valence-corrected chi connectivity index (χ0v) is 16.0. The van der Waals surface area contributed by atoms with Gasteiger partial charge >= 0.3 is 6.18 Å². The molecule has 1 saturated heterocycles. The molecule has 10 heteroatoms. The third-order valence-corrected chi connectivity index (χ3v) is 4.66. The van der Waals surface area contributed by atoms with E-state index in [1.54, 1.807) is 0 Å². The van der Waals surface area contributed by atoms with Gasteiger partial charge in [0.15, 0.2) is 5.69 Å². The maximum Gasteiger partial charge on any atom is 0.434 e. The van der Waals surface area contributed by atoms with Crippen molar-refractivity contribution in [2.75, 3.05) is 26.7 Å². The van der Waals surface area contributed by atoms with E-state index in [1.165, 1.54) is 29.2 Å². The molecule has 148 valence electrons. The van der Waals surface area contributed by atoms with Crippen molar-refractivity contribution in [2.45, 2.75) is 12.6 Å². The van der Waals surface area contributed by atoms with Crippen LogP contribution in [0.1, 0.15) is 22.5 Å². The lowest BCUT2D eigenvalue weighted by molar-refractivity contribution is -0.143. The molecule has 2 aromatic rings. The Balaban J connectivity index is 0.00000261. The molecular formula is C17H19Cl2F3N4O. The normalized spacial score (nSPS) is 17.1. The molecule has 1 fully saturated rings. The predicted octanol–water partition coefficient (Wildman–Crippen LogP) is 3.65. The van der Waals surface area contributed by atoms with E-state index < -0.39 is 23.3 Å². The molecule has 3 rings (SSSR count). The van der Waals surface area contributed by atoms with E-state index in [9.17, 15) is 18.0 Å². The van der Waals surface area contributed by atoms with Gasteiger partial charge in [-0.3, -0.25) is 4.79 Å². The summed E-state index contributed by atoms with van der Waals surface area (Å²) in [7, 11) is 1.81. The monoisotopic (exact) mass is 422 g/mol. The number of rotatable bonds is 4. The molecule has 1 aromatic carbocycles. The molecule has 27 heavy (non-hydrogen) atoms. The van der Waals surface area contributed by atoms with Crippen LogP contribution in [0.2, 0.25) is 5.02 Å². The SMILES string of the molecule is CNCC1CCN(C(=O)c2cnn(-c3ccc(Cl)cc3)c2C(F)(F)F)C1.Cl. The molecule has 1 N–H and O–H groups in total. The van der Waals surface area contributed by atoms with Crippen molar-refractivity contribution in [3.63, 3.8) is 0 Å². The summed E-state index contributed by atoms with van der Waals surface area (Å²) in [6.45, 7) is 1.59. The van der Waals surface area contributed by atoms with Gasteiger partial charge in [0.25, 0.3) is 5.91 Å². The van der Waals surface area contributed by atoms with Crippen LogP contribution in [0, 0.1) is 5.92 Å². The second-order valence-electron chi connectivity index (χ2n) is 6.26. The van der Waals surface area contributed by atoms with Crippen LogP contribution in [-0.2, 0) is 6.18 Å². The van der Waals surface area contributed by atoms with Crippen molar-refractivity contribution in [3.8, 4) is 5.69 Å². The van der Waals surface area contributed by atoms with Crippen molar-refractivity contribution >= 4 is 29.9 Å². The van der Waals surface area contributed by atoms with Crippen LogP contribution in [0.4, 0.5) is 13.2 Å². The van der Waals surface area contributed by atoms with Gasteiger partial charge in [-0.05, 0) is 50.2 Å². The van der Waals surface area contributed by atoms with Crippen LogP contribution >= 0.6 is 24.0 Å². The number of hydrogen-bond donors (Lipinski definition) is 1. The number of nitrogens with one attached hydrogen (secondary N) is 1. The average Bonchev–Trinajstić information content (AvgIpc) is 3.22. The van der Waals surface area contributed by atoms with Crippen LogP contribution in [-0.4, -0.2) is 47.3 Å². The summed E-state index contributed by atoms with van der Waals surface area (Å²) in [5, 5.41) is 7.25. The first kappa shape index (κ1) is 21.5. The zero-order chi connectivity index (χ0) is 18.9. The van der Waals surface area contributed by atoms with Crippen LogP contribution in [0.5, 0.6) is 0 Å². The van der Waals surface area contributed by atoms with Crippen molar-refractivity contribution in [1.29, 1.82) is 0 Å². The molecule has 0 aliphatic carbocycles. The van der Waals surface area contributed by atoms with Gasteiger partial charge in [0, 0.05) is 18.1 Å². The summed E-state index contributed by atoms with van der Waals surface area (Å²) >= 11 is 5.79.